The van der Waals surface area contributed by atoms with Crippen LogP contribution in [-0.2, 0) is 11.8 Å². The number of hydrogen-bond donors (Lipinski definition) is 5. The van der Waals surface area contributed by atoms with E-state index in [1.165, 1.54) is 18.2 Å². The lowest BCUT2D eigenvalue weighted by atomic mass is 10.1. The molecule has 0 bridgehead atoms. The predicted molar refractivity (Wildman–Crippen MR) is 150 cm³/mol. The first-order chi connectivity index (χ1) is 19.7. The Morgan fingerprint density at radius 1 is 1.14 bits per heavy atom. The number of nitrogens with two attached hydrogens (primary N) is 2. The molecule has 0 aliphatic rings. The lowest BCUT2D eigenvalue weighted by Gasteiger charge is -2.31. The van der Waals surface area contributed by atoms with E-state index in [4.69, 9.17) is 26.4 Å². The Balaban J connectivity index is 1.87. The number of carboxylic acids is 1. The van der Waals surface area contributed by atoms with Gasteiger partial charge in [0.05, 0.1) is 0 Å². The number of anilines is 1. The van der Waals surface area contributed by atoms with Crippen molar-refractivity contribution in [1.82, 2.24) is 14.5 Å². The van der Waals surface area contributed by atoms with Crippen LogP contribution in [0.5, 0.6) is 29.0 Å². The number of hydrogen-bond acceptors (Lipinski definition) is 9. The van der Waals surface area contributed by atoms with Crippen LogP contribution < -0.4 is 25.8 Å². The molecule has 2 heterocycles. The molecule has 0 spiro atoms. The zero-order valence-corrected chi connectivity index (χ0v) is 22.9. The first-order valence-electron chi connectivity index (χ1n) is 12.5. The number of halogens is 2. The van der Waals surface area contributed by atoms with Crippen LogP contribution in [0.2, 0.25) is 0 Å². The van der Waals surface area contributed by atoms with Crippen LogP contribution in [0.1, 0.15) is 19.4 Å². The summed E-state index contributed by atoms with van der Waals surface area (Å²) in [5.41, 5.74) is 10.5. The van der Waals surface area contributed by atoms with Gasteiger partial charge >= 0.3 is 5.97 Å². The van der Waals surface area contributed by atoms with Crippen molar-refractivity contribution in [3.05, 3.63) is 72.1 Å². The Labute approximate surface area is 239 Å². The SMILES string of the molecule is Cn1ccnc1-c1cccc(Oc2nc(Oc3cc(C(=N)N)ccc3O)c(F)c(N(CC(=O)O)CC(C)(C)N)c2F)c1. The number of rotatable bonds is 11. The standard InChI is InChI=1S/C28H29F2N7O5/c1-28(2,33)14-37(13-20(39)40)23-21(29)26(41-17-6-4-5-16(11-17)25-34-9-10-36(25)3)35-27(22(23)30)42-19-12-15(24(31)32)7-8-18(19)38/h4-12,38H,13-14,33H2,1-3H3,(H3,31,32)(H,39,40). The third-order valence-electron chi connectivity index (χ3n) is 5.84. The summed E-state index contributed by atoms with van der Waals surface area (Å²) in [5, 5.41) is 27.5. The van der Waals surface area contributed by atoms with Gasteiger partial charge in [-0.3, -0.25) is 10.2 Å². The fourth-order valence-electron chi connectivity index (χ4n) is 4.09. The average molecular weight is 582 g/mol. The van der Waals surface area contributed by atoms with E-state index in [1.54, 1.807) is 56.1 Å². The molecule has 0 saturated heterocycles. The van der Waals surface area contributed by atoms with Crippen molar-refractivity contribution in [2.75, 3.05) is 18.0 Å². The molecular weight excluding hydrogens is 552 g/mol. The van der Waals surface area contributed by atoms with E-state index in [1.807, 2.05) is 0 Å². The minimum absolute atomic E-state index is 0.107. The Bertz CT molecular complexity index is 1650. The number of phenols is 1. The van der Waals surface area contributed by atoms with Crippen LogP contribution >= 0.6 is 0 Å². The average Bonchev–Trinajstić information content (AvgIpc) is 3.32. The Morgan fingerprint density at radius 3 is 2.43 bits per heavy atom. The van der Waals surface area contributed by atoms with E-state index >= 15 is 8.78 Å². The number of ether oxygens (including phenoxy) is 2. The van der Waals surface area contributed by atoms with Crippen LogP contribution in [0.25, 0.3) is 11.4 Å². The summed E-state index contributed by atoms with van der Waals surface area (Å²) in [4.78, 5) is 20.7. The van der Waals surface area contributed by atoms with Gasteiger partial charge in [0.1, 0.15) is 29.6 Å². The number of imidazole rings is 1. The van der Waals surface area contributed by atoms with Crippen molar-refractivity contribution < 1.29 is 33.3 Å². The second kappa shape index (κ2) is 11.7. The van der Waals surface area contributed by atoms with Crippen LogP contribution in [0.3, 0.4) is 0 Å². The summed E-state index contributed by atoms with van der Waals surface area (Å²) in [6.07, 6.45) is 3.35. The number of phenolic OH excluding ortho intramolecular Hbond substituents is 1. The lowest BCUT2D eigenvalue weighted by Crippen LogP contribution is -2.47. The third-order valence-corrected chi connectivity index (χ3v) is 5.84. The largest absolute Gasteiger partial charge is 0.504 e. The zero-order chi connectivity index (χ0) is 30.8. The van der Waals surface area contributed by atoms with Gasteiger partial charge in [-0.05, 0) is 44.2 Å². The van der Waals surface area contributed by atoms with E-state index in [0.29, 0.717) is 11.4 Å². The Kier molecular flexibility index (Phi) is 8.29. The van der Waals surface area contributed by atoms with Crippen LogP contribution in [0.15, 0.2) is 54.9 Å². The zero-order valence-electron chi connectivity index (χ0n) is 22.9. The Hall–Kier alpha value is -5.24. The minimum Gasteiger partial charge on any atom is -0.504 e. The summed E-state index contributed by atoms with van der Waals surface area (Å²) >= 11 is 0. The minimum atomic E-state index is -1.38. The molecule has 220 valence electrons. The highest BCUT2D eigenvalue weighted by Crippen LogP contribution is 2.40. The maximum absolute atomic E-state index is 16.0. The van der Waals surface area contributed by atoms with Crippen LogP contribution in [0.4, 0.5) is 14.5 Å². The van der Waals surface area contributed by atoms with Crippen LogP contribution in [-0.4, -0.2) is 55.2 Å². The molecule has 0 aliphatic carbocycles. The van der Waals surface area contributed by atoms with Crippen molar-refractivity contribution in [1.29, 1.82) is 5.41 Å². The molecular formula is C28H29F2N7O5. The molecule has 0 amide bonds. The highest BCUT2D eigenvalue weighted by molar-refractivity contribution is 5.95. The van der Waals surface area contributed by atoms with Gasteiger partial charge in [-0.25, -0.2) is 4.98 Å². The number of nitrogens with zero attached hydrogens (tertiary/aromatic N) is 4. The van der Waals surface area contributed by atoms with Gasteiger partial charge in [-0.1, -0.05) is 12.1 Å². The topological polar surface area (TPSA) is 186 Å². The fourth-order valence-corrected chi connectivity index (χ4v) is 4.09. The molecule has 2 aromatic heterocycles. The van der Waals surface area contributed by atoms with E-state index in [2.05, 4.69) is 9.97 Å². The number of amidine groups is 1. The number of aryl methyl sites for hydroxylation is 1. The number of aromatic nitrogens is 3. The van der Waals surface area contributed by atoms with Gasteiger partial charge in [0.2, 0.25) is 11.6 Å². The molecule has 42 heavy (non-hydrogen) atoms. The number of nitrogens with one attached hydrogen (secondary N) is 1. The predicted octanol–water partition coefficient (Wildman–Crippen LogP) is 3.96. The van der Waals surface area contributed by atoms with Gasteiger partial charge in [-0.15, -0.1) is 0 Å². The van der Waals surface area contributed by atoms with Crippen molar-refractivity contribution in [3.63, 3.8) is 0 Å². The van der Waals surface area contributed by atoms with Crippen molar-refractivity contribution >= 4 is 17.5 Å². The van der Waals surface area contributed by atoms with Gasteiger partial charge in [-0.2, -0.15) is 13.8 Å². The second-order valence-electron chi connectivity index (χ2n) is 10.1. The normalized spacial score (nSPS) is 11.3. The molecule has 14 heteroatoms. The fraction of sp³-hybridized carbons (Fsp3) is 0.214. The van der Waals surface area contributed by atoms with E-state index in [0.717, 1.165) is 11.0 Å². The molecule has 4 aromatic rings. The molecule has 0 radical (unpaired) electrons. The van der Waals surface area contributed by atoms with E-state index in [-0.39, 0.29) is 29.4 Å². The molecule has 0 aliphatic heterocycles. The highest BCUT2D eigenvalue weighted by atomic mass is 19.1. The maximum Gasteiger partial charge on any atom is 0.323 e. The molecule has 0 fully saturated rings. The van der Waals surface area contributed by atoms with Gasteiger partial charge in [0, 0.05) is 42.7 Å². The smallest absolute Gasteiger partial charge is 0.323 e. The Morgan fingerprint density at radius 2 is 1.83 bits per heavy atom. The summed E-state index contributed by atoms with van der Waals surface area (Å²) in [6.45, 7) is 2.01. The summed E-state index contributed by atoms with van der Waals surface area (Å²) < 4.78 is 45.1. The number of nitrogen functional groups attached to an aromatic ring is 1. The number of aromatic hydroxyl groups is 1. The molecule has 4 rings (SSSR count). The highest BCUT2D eigenvalue weighted by Gasteiger charge is 2.31. The van der Waals surface area contributed by atoms with Crippen molar-refractivity contribution in [3.8, 4) is 40.4 Å². The number of aliphatic carboxylic acids is 1. The molecule has 0 atom stereocenters. The third kappa shape index (κ3) is 6.72. The first kappa shape index (κ1) is 29.7. The van der Waals surface area contributed by atoms with Crippen molar-refractivity contribution in [2.24, 2.45) is 18.5 Å². The number of carboxylic acid groups (broad SMARTS) is 1. The monoisotopic (exact) mass is 581 g/mol. The summed E-state index contributed by atoms with van der Waals surface area (Å²) in [5.74, 6) is -6.12. The van der Waals surface area contributed by atoms with E-state index < -0.39 is 52.9 Å². The lowest BCUT2D eigenvalue weighted by molar-refractivity contribution is -0.135. The quantitative estimate of drug-likeness (QED) is 0.128. The number of pyridine rings is 1. The molecule has 2 aromatic carbocycles. The molecule has 0 saturated carbocycles. The molecule has 0 unspecified atom stereocenters. The van der Waals surface area contributed by atoms with Gasteiger partial charge in [0.25, 0.3) is 11.8 Å². The van der Waals surface area contributed by atoms with Crippen LogP contribution in [0, 0.1) is 17.0 Å². The maximum atomic E-state index is 16.0. The second-order valence-corrected chi connectivity index (χ2v) is 10.1. The number of carbonyl (C=O) groups is 1. The van der Waals surface area contributed by atoms with Gasteiger partial charge < -0.3 is 40.6 Å². The summed E-state index contributed by atoms with van der Waals surface area (Å²) in [6, 6.07) is 10.1. The number of benzene rings is 2. The van der Waals surface area contributed by atoms with Gasteiger partial charge in [0.15, 0.2) is 11.5 Å². The van der Waals surface area contributed by atoms with Crippen molar-refractivity contribution in [2.45, 2.75) is 19.4 Å². The van der Waals surface area contributed by atoms with E-state index in [9.17, 15) is 15.0 Å². The molecule has 12 nitrogen and oxygen atoms in total. The summed E-state index contributed by atoms with van der Waals surface area (Å²) in [7, 11) is 1.79. The first-order valence-corrected chi connectivity index (χ1v) is 12.5. The molecule has 7 N–H and O–H groups in total.